The molecule has 0 atom stereocenters. The number of sulfonamides is 1. The van der Waals surface area contributed by atoms with E-state index in [9.17, 15) is 8.42 Å². The Balaban J connectivity index is 1.56. The summed E-state index contributed by atoms with van der Waals surface area (Å²) < 4.78 is 37.6. The molecule has 0 aromatic heterocycles. The minimum atomic E-state index is -3.21. The summed E-state index contributed by atoms with van der Waals surface area (Å²) in [6.45, 7) is 2.19. The Hall–Kier alpha value is -0.950. The van der Waals surface area contributed by atoms with Gasteiger partial charge in [-0.25, -0.2) is 12.7 Å². The van der Waals surface area contributed by atoms with Gasteiger partial charge >= 0.3 is 0 Å². The van der Waals surface area contributed by atoms with Crippen molar-refractivity contribution in [1.29, 1.82) is 0 Å². The molecule has 2 fully saturated rings. The van der Waals surface area contributed by atoms with Crippen LogP contribution in [0.25, 0.3) is 0 Å². The van der Waals surface area contributed by atoms with Gasteiger partial charge in [0.05, 0.1) is 19.0 Å². The molecule has 5 nitrogen and oxygen atoms in total. The molecule has 1 aromatic rings. The SMILES string of the molecule is O=S(=O)(CCc1ccccc1)N1CCC2(CC1)OCCO2. The number of ether oxygens (including phenoxy) is 2. The van der Waals surface area contributed by atoms with E-state index in [-0.39, 0.29) is 5.75 Å². The van der Waals surface area contributed by atoms with E-state index in [1.54, 1.807) is 4.31 Å². The zero-order valence-corrected chi connectivity index (χ0v) is 12.8. The van der Waals surface area contributed by atoms with Crippen molar-refractivity contribution in [2.45, 2.75) is 25.0 Å². The zero-order chi connectivity index (χ0) is 14.8. The molecule has 0 saturated carbocycles. The second-order valence-corrected chi connectivity index (χ2v) is 7.65. The maximum Gasteiger partial charge on any atom is 0.214 e. The fourth-order valence-electron chi connectivity index (χ4n) is 2.91. The van der Waals surface area contributed by atoms with Gasteiger partial charge in [0.15, 0.2) is 5.79 Å². The van der Waals surface area contributed by atoms with Gasteiger partial charge in [-0.15, -0.1) is 0 Å². The van der Waals surface area contributed by atoms with Gasteiger partial charge in [-0.3, -0.25) is 0 Å². The number of hydrogen-bond acceptors (Lipinski definition) is 4. The molecule has 1 spiro atoms. The Morgan fingerprint density at radius 3 is 2.29 bits per heavy atom. The highest BCUT2D eigenvalue weighted by Gasteiger charge is 2.42. The van der Waals surface area contributed by atoms with Crippen LogP contribution in [-0.2, 0) is 25.9 Å². The van der Waals surface area contributed by atoms with Crippen LogP contribution >= 0.6 is 0 Å². The quantitative estimate of drug-likeness (QED) is 0.843. The second kappa shape index (κ2) is 6.04. The van der Waals surface area contributed by atoms with Gasteiger partial charge in [-0.1, -0.05) is 30.3 Å². The van der Waals surface area contributed by atoms with Crippen LogP contribution in [0.1, 0.15) is 18.4 Å². The van der Waals surface area contributed by atoms with Crippen molar-refractivity contribution in [3.63, 3.8) is 0 Å². The van der Waals surface area contributed by atoms with E-state index in [1.807, 2.05) is 30.3 Å². The molecule has 0 aliphatic carbocycles. The van der Waals surface area contributed by atoms with Gasteiger partial charge < -0.3 is 9.47 Å². The van der Waals surface area contributed by atoms with E-state index in [0.29, 0.717) is 45.6 Å². The largest absolute Gasteiger partial charge is 0.347 e. The molecule has 6 heteroatoms. The van der Waals surface area contributed by atoms with E-state index in [2.05, 4.69) is 0 Å². The van der Waals surface area contributed by atoms with Crippen molar-refractivity contribution >= 4 is 10.0 Å². The minimum Gasteiger partial charge on any atom is -0.347 e. The van der Waals surface area contributed by atoms with Crippen LogP contribution in [0.4, 0.5) is 0 Å². The third-order valence-corrected chi connectivity index (χ3v) is 6.05. The lowest BCUT2D eigenvalue weighted by molar-refractivity contribution is -0.179. The topological polar surface area (TPSA) is 55.8 Å². The van der Waals surface area contributed by atoms with Crippen molar-refractivity contribution in [1.82, 2.24) is 4.31 Å². The molecule has 0 N–H and O–H groups in total. The van der Waals surface area contributed by atoms with E-state index >= 15 is 0 Å². The van der Waals surface area contributed by atoms with Crippen LogP contribution in [0.5, 0.6) is 0 Å². The normalized spacial score (nSPS) is 22.7. The highest BCUT2D eigenvalue weighted by atomic mass is 32.2. The van der Waals surface area contributed by atoms with Gasteiger partial charge in [-0.2, -0.15) is 0 Å². The first kappa shape index (κ1) is 15.0. The summed E-state index contributed by atoms with van der Waals surface area (Å²) in [6.07, 6.45) is 1.80. The maximum atomic E-state index is 12.4. The first-order chi connectivity index (χ1) is 10.1. The molecule has 2 heterocycles. The van der Waals surface area contributed by atoms with Crippen molar-refractivity contribution in [3.05, 3.63) is 35.9 Å². The lowest BCUT2D eigenvalue weighted by Gasteiger charge is -2.36. The van der Waals surface area contributed by atoms with E-state index in [4.69, 9.17) is 9.47 Å². The molecule has 2 aliphatic heterocycles. The molecule has 0 bridgehead atoms. The third kappa shape index (κ3) is 3.45. The average molecular weight is 311 g/mol. The Morgan fingerprint density at radius 1 is 1.05 bits per heavy atom. The molecular formula is C15H21NO4S. The minimum absolute atomic E-state index is 0.158. The summed E-state index contributed by atoms with van der Waals surface area (Å²) >= 11 is 0. The van der Waals surface area contributed by atoms with Crippen LogP contribution in [0.15, 0.2) is 30.3 Å². The third-order valence-electron chi connectivity index (χ3n) is 4.18. The summed E-state index contributed by atoms with van der Waals surface area (Å²) in [5.41, 5.74) is 1.05. The van der Waals surface area contributed by atoms with Crippen LogP contribution in [0.2, 0.25) is 0 Å². The van der Waals surface area contributed by atoms with Crippen LogP contribution in [0, 0.1) is 0 Å². The summed E-state index contributed by atoms with van der Waals surface area (Å²) in [7, 11) is -3.21. The predicted octanol–water partition coefficient (Wildman–Crippen LogP) is 1.40. The Morgan fingerprint density at radius 2 is 1.67 bits per heavy atom. The first-order valence-corrected chi connectivity index (χ1v) is 9.00. The van der Waals surface area contributed by atoms with Gasteiger partial charge in [0.1, 0.15) is 0 Å². The Bertz CT molecular complexity index is 557. The number of aryl methyl sites for hydroxylation is 1. The van der Waals surface area contributed by atoms with Crippen molar-refractivity contribution in [2.75, 3.05) is 32.1 Å². The zero-order valence-electron chi connectivity index (χ0n) is 12.0. The highest BCUT2D eigenvalue weighted by molar-refractivity contribution is 7.89. The molecule has 0 amide bonds. The standard InChI is InChI=1S/C15H21NO4S/c17-21(18,13-6-14-4-2-1-3-5-14)16-9-7-15(8-10-16)19-11-12-20-15/h1-5H,6-13H2. The summed E-state index contributed by atoms with van der Waals surface area (Å²) in [6, 6.07) is 9.72. The summed E-state index contributed by atoms with van der Waals surface area (Å²) in [4.78, 5) is 0. The number of piperidine rings is 1. The average Bonchev–Trinajstić information content (AvgIpc) is 2.95. The predicted molar refractivity (Wildman–Crippen MR) is 79.4 cm³/mol. The molecule has 2 saturated heterocycles. The van der Waals surface area contributed by atoms with Crippen LogP contribution in [-0.4, -0.2) is 50.6 Å². The van der Waals surface area contributed by atoms with E-state index in [1.165, 1.54) is 0 Å². The van der Waals surface area contributed by atoms with E-state index < -0.39 is 15.8 Å². The van der Waals surface area contributed by atoms with Crippen LogP contribution < -0.4 is 0 Å². The van der Waals surface area contributed by atoms with Crippen molar-refractivity contribution < 1.29 is 17.9 Å². The number of hydrogen-bond donors (Lipinski definition) is 0. The molecule has 2 aliphatic rings. The molecule has 21 heavy (non-hydrogen) atoms. The molecule has 3 rings (SSSR count). The lowest BCUT2D eigenvalue weighted by atomic mass is 10.1. The Labute approximate surface area is 125 Å². The van der Waals surface area contributed by atoms with Gasteiger partial charge in [0.25, 0.3) is 0 Å². The second-order valence-electron chi connectivity index (χ2n) is 5.56. The van der Waals surface area contributed by atoms with Crippen molar-refractivity contribution in [3.8, 4) is 0 Å². The van der Waals surface area contributed by atoms with Crippen molar-refractivity contribution in [2.24, 2.45) is 0 Å². The Kier molecular flexibility index (Phi) is 4.31. The summed E-state index contributed by atoms with van der Waals surface area (Å²) in [5, 5.41) is 0. The molecule has 0 radical (unpaired) electrons. The first-order valence-electron chi connectivity index (χ1n) is 7.39. The fourth-order valence-corrected chi connectivity index (χ4v) is 4.40. The van der Waals surface area contributed by atoms with Gasteiger partial charge in [-0.05, 0) is 12.0 Å². The monoisotopic (exact) mass is 311 g/mol. The highest BCUT2D eigenvalue weighted by Crippen LogP contribution is 2.32. The maximum absolute atomic E-state index is 12.4. The fraction of sp³-hybridized carbons (Fsp3) is 0.600. The lowest BCUT2D eigenvalue weighted by Crippen LogP contribution is -2.47. The number of nitrogens with zero attached hydrogens (tertiary/aromatic N) is 1. The van der Waals surface area contributed by atoms with Gasteiger partial charge in [0.2, 0.25) is 10.0 Å². The number of benzene rings is 1. The molecule has 0 unspecified atom stereocenters. The van der Waals surface area contributed by atoms with Gasteiger partial charge in [0, 0.05) is 25.9 Å². The molecule has 1 aromatic carbocycles. The number of rotatable bonds is 4. The molecule has 116 valence electrons. The summed E-state index contributed by atoms with van der Waals surface area (Å²) in [5.74, 6) is -0.364. The smallest absolute Gasteiger partial charge is 0.214 e. The molecular weight excluding hydrogens is 290 g/mol. The van der Waals surface area contributed by atoms with Crippen LogP contribution in [0.3, 0.4) is 0 Å². The van der Waals surface area contributed by atoms with E-state index in [0.717, 1.165) is 5.56 Å².